The Morgan fingerprint density at radius 3 is 3.00 bits per heavy atom. The van der Waals surface area contributed by atoms with Crippen molar-refractivity contribution in [3.05, 3.63) is 50.6 Å². The van der Waals surface area contributed by atoms with E-state index in [2.05, 4.69) is 10.0 Å². The van der Waals surface area contributed by atoms with Crippen molar-refractivity contribution in [3.63, 3.8) is 0 Å². The molecule has 0 radical (unpaired) electrons. The summed E-state index contributed by atoms with van der Waals surface area (Å²) in [5.41, 5.74) is 9.21. The number of aryl methyl sites for hydroxylation is 1. The number of azide groups is 1. The average molecular weight is 240 g/mol. The van der Waals surface area contributed by atoms with Crippen molar-refractivity contribution in [2.45, 2.75) is 13.3 Å². The maximum atomic E-state index is 13.4. The highest BCUT2D eigenvalue weighted by atomic mass is 35.5. The lowest BCUT2D eigenvalue weighted by Crippen LogP contribution is -1.85. The Morgan fingerprint density at radius 1 is 1.56 bits per heavy atom. The topological polar surface area (TPSA) is 48.8 Å². The van der Waals surface area contributed by atoms with Gasteiger partial charge in [-0.05, 0) is 36.6 Å². The van der Waals surface area contributed by atoms with Gasteiger partial charge in [-0.2, -0.15) is 0 Å². The highest BCUT2D eigenvalue weighted by molar-refractivity contribution is 6.31. The van der Waals surface area contributed by atoms with Crippen LogP contribution in [0.5, 0.6) is 0 Å². The van der Waals surface area contributed by atoms with Crippen LogP contribution in [0, 0.1) is 12.7 Å². The summed E-state index contributed by atoms with van der Waals surface area (Å²) in [7, 11) is 0. The van der Waals surface area contributed by atoms with E-state index in [1.807, 2.05) is 0 Å². The molecule has 0 aromatic heterocycles. The van der Waals surface area contributed by atoms with Crippen molar-refractivity contribution in [1.29, 1.82) is 0 Å². The van der Waals surface area contributed by atoms with Gasteiger partial charge in [-0.1, -0.05) is 28.9 Å². The minimum Gasteiger partial charge on any atom is -0.206 e. The Bertz CT molecular complexity index is 451. The van der Waals surface area contributed by atoms with Gasteiger partial charge in [0, 0.05) is 22.0 Å². The fourth-order valence-electron chi connectivity index (χ4n) is 1.18. The molecule has 5 heteroatoms. The van der Waals surface area contributed by atoms with Gasteiger partial charge in [0.25, 0.3) is 0 Å². The molecular weight excluding hydrogens is 229 g/mol. The summed E-state index contributed by atoms with van der Waals surface area (Å²) < 4.78 is 13.4. The summed E-state index contributed by atoms with van der Waals surface area (Å²) in [4.78, 5) is 2.62. The third-order valence-corrected chi connectivity index (χ3v) is 2.44. The molecule has 3 nitrogen and oxygen atoms in total. The lowest BCUT2D eigenvalue weighted by Gasteiger charge is -2.01. The van der Waals surface area contributed by atoms with E-state index < -0.39 is 0 Å². The van der Waals surface area contributed by atoms with Gasteiger partial charge in [0.1, 0.15) is 5.82 Å². The molecule has 0 aliphatic carbocycles. The van der Waals surface area contributed by atoms with Crippen molar-refractivity contribution >= 4 is 17.7 Å². The van der Waals surface area contributed by atoms with Crippen molar-refractivity contribution < 1.29 is 4.39 Å². The number of benzene rings is 1. The number of hydrogen-bond donors (Lipinski definition) is 0. The van der Waals surface area contributed by atoms with Crippen LogP contribution in [-0.2, 0) is 0 Å². The fourth-order valence-corrected chi connectivity index (χ4v) is 1.35. The van der Waals surface area contributed by atoms with E-state index in [0.29, 0.717) is 29.1 Å². The van der Waals surface area contributed by atoms with E-state index in [0.717, 1.165) is 0 Å². The molecule has 84 valence electrons. The van der Waals surface area contributed by atoms with E-state index in [4.69, 9.17) is 17.1 Å². The first-order valence-electron chi connectivity index (χ1n) is 4.78. The molecule has 0 saturated heterocycles. The maximum absolute atomic E-state index is 13.4. The summed E-state index contributed by atoms with van der Waals surface area (Å²) in [6.07, 6.45) is 3.96. The van der Waals surface area contributed by atoms with Gasteiger partial charge in [-0.3, -0.25) is 0 Å². The summed E-state index contributed by atoms with van der Waals surface area (Å²) in [6, 6.07) is 2.98. The molecule has 0 saturated carbocycles. The first-order valence-corrected chi connectivity index (χ1v) is 5.16. The third kappa shape index (κ3) is 3.57. The van der Waals surface area contributed by atoms with Crippen molar-refractivity contribution in [2.75, 3.05) is 6.54 Å². The van der Waals surface area contributed by atoms with E-state index in [-0.39, 0.29) is 5.82 Å². The minimum absolute atomic E-state index is 0.304. The van der Waals surface area contributed by atoms with Gasteiger partial charge in [-0.25, -0.2) is 4.39 Å². The molecule has 0 atom stereocenters. The number of nitrogens with zero attached hydrogens (tertiary/aromatic N) is 3. The van der Waals surface area contributed by atoms with E-state index in [1.165, 1.54) is 6.07 Å². The standard InChI is InChI=1S/C11H11ClFN3/c1-8-6-11(13)9(7-10(8)12)4-2-3-5-15-16-14/h2,4,6-7H,3,5H2,1H3. The smallest absolute Gasteiger partial charge is 0.130 e. The first-order chi connectivity index (χ1) is 7.65. The van der Waals surface area contributed by atoms with Crippen molar-refractivity contribution in [2.24, 2.45) is 5.11 Å². The molecule has 0 heterocycles. The van der Waals surface area contributed by atoms with Gasteiger partial charge in [0.05, 0.1) is 0 Å². The second kappa shape index (κ2) is 6.16. The highest BCUT2D eigenvalue weighted by Gasteiger charge is 2.02. The Kier molecular flexibility index (Phi) is 4.83. The Balaban J connectivity index is 2.73. The monoisotopic (exact) mass is 239 g/mol. The molecule has 1 aromatic carbocycles. The third-order valence-electron chi connectivity index (χ3n) is 2.03. The zero-order valence-corrected chi connectivity index (χ0v) is 9.58. The van der Waals surface area contributed by atoms with E-state index in [9.17, 15) is 4.39 Å². The molecule has 1 aromatic rings. The lowest BCUT2D eigenvalue weighted by atomic mass is 10.1. The molecule has 0 N–H and O–H groups in total. The van der Waals surface area contributed by atoms with Crippen LogP contribution in [0.1, 0.15) is 17.5 Å². The van der Waals surface area contributed by atoms with Gasteiger partial charge in [0.15, 0.2) is 0 Å². The first kappa shape index (κ1) is 12.6. The lowest BCUT2D eigenvalue weighted by molar-refractivity contribution is 0.624. The van der Waals surface area contributed by atoms with Gasteiger partial charge < -0.3 is 0 Å². The van der Waals surface area contributed by atoms with E-state index in [1.54, 1.807) is 25.1 Å². The Labute approximate surface area is 98.2 Å². The quantitative estimate of drug-likeness (QED) is 0.321. The molecule has 0 unspecified atom stereocenters. The van der Waals surface area contributed by atoms with Gasteiger partial charge in [0.2, 0.25) is 0 Å². The Morgan fingerprint density at radius 2 is 2.31 bits per heavy atom. The molecule has 0 spiro atoms. The number of rotatable bonds is 4. The van der Waals surface area contributed by atoms with Crippen LogP contribution >= 0.6 is 11.6 Å². The molecule has 16 heavy (non-hydrogen) atoms. The predicted octanol–water partition coefficient (Wildman–Crippen LogP) is 4.50. The summed E-state index contributed by atoms with van der Waals surface area (Å²) in [5, 5.41) is 3.90. The number of hydrogen-bond acceptors (Lipinski definition) is 1. The van der Waals surface area contributed by atoms with Crippen LogP contribution in [0.25, 0.3) is 16.5 Å². The Hall–Kier alpha value is -1.51. The summed E-state index contributed by atoms with van der Waals surface area (Å²) in [6.45, 7) is 2.12. The van der Waals surface area contributed by atoms with Crippen LogP contribution in [0.3, 0.4) is 0 Å². The number of halogens is 2. The van der Waals surface area contributed by atoms with Gasteiger partial charge >= 0.3 is 0 Å². The second-order valence-electron chi connectivity index (χ2n) is 3.27. The maximum Gasteiger partial charge on any atom is 0.130 e. The minimum atomic E-state index is -0.304. The normalized spacial score (nSPS) is 10.4. The van der Waals surface area contributed by atoms with E-state index >= 15 is 0 Å². The predicted molar refractivity (Wildman–Crippen MR) is 63.8 cm³/mol. The molecule has 0 fully saturated rings. The molecule has 0 aliphatic heterocycles. The van der Waals surface area contributed by atoms with Crippen LogP contribution in [0.15, 0.2) is 23.3 Å². The second-order valence-corrected chi connectivity index (χ2v) is 3.68. The SMILES string of the molecule is Cc1cc(F)c(C=CCCN=[N+]=[N-])cc1Cl. The van der Waals surface area contributed by atoms with Crippen molar-refractivity contribution in [3.8, 4) is 0 Å². The largest absolute Gasteiger partial charge is 0.206 e. The molecule has 1 rings (SSSR count). The van der Waals surface area contributed by atoms with Crippen LogP contribution in [-0.4, -0.2) is 6.54 Å². The van der Waals surface area contributed by atoms with Gasteiger partial charge in [-0.15, -0.1) is 0 Å². The summed E-state index contributed by atoms with van der Waals surface area (Å²) in [5.74, 6) is -0.304. The fraction of sp³-hybridized carbons (Fsp3) is 0.273. The van der Waals surface area contributed by atoms with Crippen LogP contribution in [0.2, 0.25) is 5.02 Å². The average Bonchev–Trinajstić information content (AvgIpc) is 2.25. The molecule has 0 bridgehead atoms. The molecular formula is C11H11ClFN3. The summed E-state index contributed by atoms with van der Waals surface area (Å²) >= 11 is 5.88. The van der Waals surface area contributed by atoms with Crippen LogP contribution in [0.4, 0.5) is 4.39 Å². The van der Waals surface area contributed by atoms with Crippen molar-refractivity contribution in [1.82, 2.24) is 0 Å². The highest BCUT2D eigenvalue weighted by Crippen LogP contribution is 2.21. The zero-order chi connectivity index (χ0) is 12.0. The zero-order valence-electron chi connectivity index (χ0n) is 8.82. The molecule has 0 aliphatic rings. The van der Waals surface area contributed by atoms with Crippen LogP contribution < -0.4 is 0 Å². The molecule has 0 amide bonds.